The lowest BCUT2D eigenvalue weighted by Gasteiger charge is -2.28. The van der Waals surface area contributed by atoms with E-state index in [1.807, 2.05) is 0 Å². The van der Waals surface area contributed by atoms with Crippen LogP contribution in [0.15, 0.2) is 35.3 Å². The Labute approximate surface area is 207 Å². The van der Waals surface area contributed by atoms with Crippen LogP contribution < -0.4 is 26.1 Å². The molecule has 0 saturated carbocycles. The van der Waals surface area contributed by atoms with Crippen LogP contribution in [0.1, 0.15) is 17.3 Å². The number of hydrogen-bond donors (Lipinski definition) is 3. The van der Waals surface area contributed by atoms with E-state index < -0.39 is 12.0 Å². The van der Waals surface area contributed by atoms with Gasteiger partial charge in [0, 0.05) is 32.4 Å². The Kier molecular flexibility index (Phi) is 7.98. The van der Waals surface area contributed by atoms with Crippen LogP contribution in [0.4, 0.5) is 11.8 Å². The minimum atomic E-state index is -0.729. The number of morpholine rings is 1. The van der Waals surface area contributed by atoms with Gasteiger partial charge in [0.2, 0.25) is 5.95 Å². The Morgan fingerprint density at radius 2 is 2.06 bits per heavy atom. The molecule has 0 aliphatic carbocycles. The molecule has 1 aromatic carbocycles. The number of carbonyl (C=O) groups is 1. The number of rotatable bonds is 9. The summed E-state index contributed by atoms with van der Waals surface area (Å²) in [5.41, 5.74) is 5.75. The number of methoxy groups -OCH3 is 1. The van der Waals surface area contributed by atoms with E-state index in [4.69, 9.17) is 19.9 Å². The quantitative estimate of drug-likeness (QED) is 0.385. The molecule has 1 aliphatic rings. The fourth-order valence-electron chi connectivity index (χ4n) is 3.98. The molecule has 36 heavy (non-hydrogen) atoms. The second-order valence-corrected chi connectivity index (χ2v) is 8.28. The number of nitrogens with zero attached hydrogens (tertiary/aromatic N) is 4. The van der Waals surface area contributed by atoms with Gasteiger partial charge in [-0.25, -0.2) is 9.97 Å². The zero-order valence-corrected chi connectivity index (χ0v) is 20.3. The molecule has 12 heteroatoms. The summed E-state index contributed by atoms with van der Waals surface area (Å²) in [6.07, 6.45) is 0.613. The molecule has 0 spiro atoms. The third kappa shape index (κ3) is 5.56. The topological polar surface area (TPSA) is 154 Å². The number of nitrogens with one attached hydrogen (secondary N) is 1. The number of aliphatic hydroxyl groups is 1. The van der Waals surface area contributed by atoms with Crippen LogP contribution in [0.25, 0.3) is 10.9 Å². The number of ether oxygens (including phenoxy) is 3. The van der Waals surface area contributed by atoms with E-state index in [0.29, 0.717) is 30.9 Å². The molecule has 0 unspecified atom stereocenters. The van der Waals surface area contributed by atoms with Crippen LogP contribution >= 0.6 is 0 Å². The van der Waals surface area contributed by atoms with Crippen molar-refractivity contribution in [3.63, 3.8) is 0 Å². The predicted octanol–water partition coefficient (Wildman–Crippen LogP) is 0.726. The van der Waals surface area contributed by atoms with Crippen molar-refractivity contribution in [1.29, 1.82) is 0 Å². The van der Waals surface area contributed by atoms with Crippen LogP contribution in [0.5, 0.6) is 11.5 Å². The normalized spacial score (nSPS) is 15.0. The maximum absolute atomic E-state index is 13.2. The van der Waals surface area contributed by atoms with Crippen molar-refractivity contribution in [2.75, 3.05) is 57.6 Å². The molecule has 1 saturated heterocycles. The monoisotopic (exact) mass is 498 g/mol. The summed E-state index contributed by atoms with van der Waals surface area (Å²) in [5.74, 6) is 0.407. The molecule has 0 radical (unpaired) electrons. The Bertz CT molecular complexity index is 1270. The highest BCUT2D eigenvalue weighted by atomic mass is 16.5. The average molecular weight is 499 g/mol. The van der Waals surface area contributed by atoms with Gasteiger partial charge in [0.25, 0.3) is 11.5 Å². The van der Waals surface area contributed by atoms with Crippen molar-refractivity contribution in [2.45, 2.75) is 19.6 Å². The molecule has 3 heterocycles. The highest BCUT2D eigenvalue weighted by molar-refractivity contribution is 6.03. The molecule has 4 N–H and O–H groups in total. The van der Waals surface area contributed by atoms with E-state index in [2.05, 4.69) is 20.2 Å². The van der Waals surface area contributed by atoms with Gasteiger partial charge in [-0.15, -0.1) is 0 Å². The summed E-state index contributed by atoms with van der Waals surface area (Å²) in [7, 11) is 1.44. The highest BCUT2D eigenvalue weighted by Gasteiger charge is 2.21. The lowest BCUT2D eigenvalue weighted by atomic mass is 10.2. The van der Waals surface area contributed by atoms with Crippen molar-refractivity contribution in [2.24, 2.45) is 0 Å². The molecule has 1 atom stereocenters. The van der Waals surface area contributed by atoms with Gasteiger partial charge in [0.15, 0.2) is 11.5 Å². The summed E-state index contributed by atoms with van der Waals surface area (Å²) in [6, 6.07) is 6.25. The van der Waals surface area contributed by atoms with Crippen LogP contribution in [0, 0.1) is 0 Å². The Balaban J connectivity index is 1.60. The standard InChI is InChI=1S/C24H30N6O6/c1-3-30-23(33)17-5-6-18(36-14-16(31)13-29-8-10-35-11-9-29)21(34-2)20(17)27-24(30)28-22(32)15-4-7-19(25)26-12-15/h4-7,12,16,31H,3,8-11,13-14H2,1-2H3,(H2,25,26)(H,27,28,32)/t16-/m1/s1. The summed E-state index contributed by atoms with van der Waals surface area (Å²) in [5, 5.41) is 13.4. The first-order valence-corrected chi connectivity index (χ1v) is 11.7. The van der Waals surface area contributed by atoms with Gasteiger partial charge in [-0.1, -0.05) is 0 Å². The first kappa shape index (κ1) is 25.4. The number of aromatic nitrogens is 3. The smallest absolute Gasteiger partial charge is 0.262 e. The van der Waals surface area contributed by atoms with Gasteiger partial charge < -0.3 is 25.1 Å². The number of nitrogen functional groups attached to an aromatic ring is 1. The first-order chi connectivity index (χ1) is 17.4. The maximum Gasteiger partial charge on any atom is 0.262 e. The zero-order valence-electron chi connectivity index (χ0n) is 20.3. The number of benzene rings is 1. The summed E-state index contributed by atoms with van der Waals surface area (Å²) in [6.45, 7) is 5.33. The number of pyridine rings is 1. The Morgan fingerprint density at radius 1 is 1.28 bits per heavy atom. The number of aliphatic hydroxyl groups excluding tert-OH is 1. The number of hydrogen-bond acceptors (Lipinski definition) is 10. The van der Waals surface area contributed by atoms with Gasteiger partial charge in [-0.05, 0) is 31.2 Å². The van der Waals surface area contributed by atoms with E-state index in [1.165, 1.54) is 30.0 Å². The lowest BCUT2D eigenvalue weighted by molar-refractivity contribution is 0.00447. The number of amides is 1. The van der Waals surface area contributed by atoms with Crippen molar-refractivity contribution in [3.05, 3.63) is 46.4 Å². The second-order valence-electron chi connectivity index (χ2n) is 8.28. The minimum Gasteiger partial charge on any atom is -0.491 e. The minimum absolute atomic E-state index is 0.0268. The van der Waals surface area contributed by atoms with Crippen LogP contribution in [-0.2, 0) is 11.3 Å². The zero-order chi connectivity index (χ0) is 25.7. The molecule has 3 aromatic rings. The van der Waals surface area contributed by atoms with Crippen LogP contribution in [-0.4, -0.2) is 83.1 Å². The molecule has 4 rings (SSSR count). The predicted molar refractivity (Wildman–Crippen MR) is 134 cm³/mol. The van der Waals surface area contributed by atoms with Gasteiger partial charge in [0.05, 0.1) is 31.3 Å². The fraction of sp³-hybridized carbons (Fsp3) is 0.417. The molecule has 1 fully saturated rings. The molecule has 1 amide bonds. The highest BCUT2D eigenvalue weighted by Crippen LogP contribution is 2.34. The molecule has 1 aliphatic heterocycles. The van der Waals surface area contributed by atoms with Gasteiger partial charge >= 0.3 is 0 Å². The Morgan fingerprint density at radius 3 is 2.72 bits per heavy atom. The van der Waals surface area contributed by atoms with E-state index in [0.717, 1.165) is 13.1 Å². The van der Waals surface area contributed by atoms with Crippen molar-refractivity contribution >= 4 is 28.6 Å². The van der Waals surface area contributed by atoms with Crippen LogP contribution in [0.3, 0.4) is 0 Å². The van der Waals surface area contributed by atoms with Crippen molar-refractivity contribution in [1.82, 2.24) is 19.4 Å². The SMILES string of the molecule is CCn1c(NC(=O)c2ccc(N)nc2)nc2c(OC)c(OC[C@H](O)CN3CCOCC3)ccc2c1=O. The summed E-state index contributed by atoms with van der Waals surface area (Å²) in [4.78, 5) is 36.5. The molecule has 2 aromatic heterocycles. The number of carbonyl (C=O) groups excluding carboxylic acids is 1. The van der Waals surface area contributed by atoms with E-state index >= 15 is 0 Å². The summed E-state index contributed by atoms with van der Waals surface area (Å²) >= 11 is 0. The van der Waals surface area contributed by atoms with E-state index in [1.54, 1.807) is 19.1 Å². The third-order valence-corrected chi connectivity index (χ3v) is 5.84. The van der Waals surface area contributed by atoms with Crippen molar-refractivity contribution in [3.8, 4) is 11.5 Å². The molecule has 192 valence electrons. The van der Waals surface area contributed by atoms with E-state index in [9.17, 15) is 14.7 Å². The molecule has 12 nitrogen and oxygen atoms in total. The fourth-order valence-corrected chi connectivity index (χ4v) is 3.98. The molecule has 0 bridgehead atoms. The number of anilines is 2. The van der Waals surface area contributed by atoms with Gasteiger partial charge in [0.1, 0.15) is 24.0 Å². The van der Waals surface area contributed by atoms with Crippen molar-refractivity contribution < 1.29 is 24.1 Å². The number of fused-ring (bicyclic) bond motifs is 1. The van der Waals surface area contributed by atoms with E-state index in [-0.39, 0.29) is 47.3 Å². The first-order valence-electron chi connectivity index (χ1n) is 11.7. The summed E-state index contributed by atoms with van der Waals surface area (Å²) < 4.78 is 18.1. The average Bonchev–Trinajstić information content (AvgIpc) is 2.88. The number of β-amino-alcohol motifs (C(OH)–C–C–N with tert-alkyl or cyclic N) is 1. The van der Waals surface area contributed by atoms with Crippen LogP contribution in [0.2, 0.25) is 0 Å². The van der Waals surface area contributed by atoms with Gasteiger partial charge in [-0.2, -0.15) is 0 Å². The number of nitrogens with two attached hydrogens (primary N) is 1. The molecular weight excluding hydrogens is 468 g/mol. The third-order valence-electron chi connectivity index (χ3n) is 5.84. The Hall–Kier alpha value is -3.74. The maximum atomic E-state index is 13.2. The largest absolute Gasteiger partial charge is 0.491 e. The lowest BCUT2D eigenvalue weighted by Crippen LogP contribution is -2.42. The molecular formula is C24H30N6O6. The van der Waals surface area contributed by atoms with Gasteiger partial charge in [-0.3, -0.25) is 24.4 Å². The second kappa shape index (κ2) is 11.3.